The molecule has 1 N–H and O–H groups in total. The fourth-order valence-corrected chi connectivity index (χ4v) is 5.57. The summed E-state index contributed by atoms with van der Waals surface area (Å²) in [4.78, 5) is 19.9. The Labute approximate surface area is 231 Å². The molecule has 1 atom stereocenters. The lowest BCUT2D eigenvalue weighted by Gasteiger charge is -2.27. The standard InChI is InChI=1S/C29H28Cl2N6O/c1-17(32-14-18-4-3-5-18)21-11-26(31)34-27(12-21)37-15-20-7-6-19(10-24(20)29(37)38)23-9-8-22(30)13-25(23)28-35-33-16-36(28)2/h6-13,16-18,32H,3-5,14-15H2,1-2H3. The van der Waals surface area contributed by atoms with Crippen LogP contribution in [0.4, 0.5) is 5.82 Å². The number of amides is 1. The van der Waals surface area contributed by atoms with Crippen LogP contribution < -0.4 is 10.2 Å². The predicted octanol–water partition coefficient (Wildman–Crippen LogP) is 6.46. The molecule has 1 aliphatic carbocycles. The molecule has 3 heterocycles. The first-order valence-corrected chi connectivity index (χ1v) is 13.6. The molecule has 38 heavy (non-hydrogen) atoms. The Hall–Kier alpha value is -3.26. The fraction of sp³-hybridized carbons (Fsp3) is 0.310. The second-order valence-electron chi connectivity index (χ2n) is 10.2. The van der Waals surface area contributed by atoms with Gasteiger partial charge in [-0.2, -0.15) is 0 Å². The number of pyridine rings is 1. The number of aromatic nitrogens is 4. The van der Waals surface area contributed by atoms with Gasteiger partial charge in [0.05, 0.1) is 6.54 Å². The van der Waals surface area contributed by atoms with Gasteiger partial charge in [-0.05, 0) is 84.8 Å². The van der Waals surface area contributed by atoms with Crippen molar-refractivity contribution in [1.82, 2.24) is 25.1 Å². The average molecular weight is 547 g/mol. The Morgan fingerprint density at radius 3 is 2.63 bits per heavy atom. The number of nitrogens with zero attached hydrogens (tertiary/aromatic N) is 5. The topological polar surface area (TPSA) is 75.9 Å². The molecule has 0 spiro atoms. The number of benzene rings is 2. The molecule has 2 aliphatic rings. The van der Waals surface area contributed by atoms with Gasteiger partial charge in [0, 0.05) is 29.2 Å². The van der Waals surface area contributed by atoms with E-state index in [1.165, 1.54) is 19.3 Å². The molecule has 1 unspecified atom stereocenters. The van der Waals surface area contributed by atoms with Crippen LogP contribution in [0.5, 0.6) is 0 Å². The molecule has 7 nitrogen and oxygen atoms in total. The van der Waals surface area contributed by atoms with Crippen LogP contribution in [0.1, 0.15) is 53.7 Å². The van der Waals surface area contributed by atoms with Gasteiger partial charge in [-0.25, -0.2) is 4.98 Å². The normalized spacial score (nSPS) is 16.0. The number of fused-ring (bicyclic) bond motifs is 1. The number of nitrogens with one attached hydrogen (secondary N) is 1. The van der Waals surface area contributed by atoms with Gasteiger partial charge in [-0.1, -0.05) is 47.8 Å². The van der Waals surface area contributed by atoms with Crippen molar-refractivity contribution in [3.8, 4) is 22.5 Å². The van der Waals surface area contributed by atoms with E-state index in [9.17, 15) is 4.79 Å². The third-order valence-corrected chi connectivity index (χ3v) is 8.10. The van der Waals surface area contributed by atoms with Gasteiger partial charge in [0.15, 0.2) is 5.82 Å². The summed E-state index contributed by atoms with van der Waals surface area (Å²) in [7, 11) is 1.89. The highest BCUT2D eigenvalue weighted by molar-refractivity contribution is 6.31. The molecule has 194 valence electrons. The number of hydrogen-bond acceptors (Lipinski definition) is 5. The van der Waals surface area contributed by atoms with Crippen LogP contribution in [0.25, 0.3) is 22.5 Å². The van der Waals surface area contributed by atoms with Crippen molar-refractivity contribution in [3.05, 3.63) is 81.7 Å². The SMILES string of the molecule is CC(NCC1CCC1)c1cc(Cl)nc(N2Cc3ccc(-c4ccc(Cl)cc4-c4nncn4C)cc3C2=O)c1. The van der Waals surface area contributed by atoms with E-state index in [-0.39, 0.29) is 11.9 Å². The molecule has 4 aromatic rings. The zero-order chi connectivity index (χ0) is 26.4. The van der Waals surface area contributed by atoms with E-state index >= 15 is 0 Å². The van der Waals surface area contributed by atoms with Gasteiger partial charge >= 0.3 is 0 Å². The molecule has 1 aliphatic heterocycles. The van der Waals surface area contributed by atoms with Gasteiger partial charge in [-0.15, -0.1) is 10.2 Å². The molecule has 1 amide bonds. The first-order chi connectivity index (χ1) is 18.4. The lowest BCUT2D eigenvalue weighted by atomic mass is 9.85. The lowest BCUT2D eigenvalue weighted by Crippen LogP contribution is -2.30. The lowest BCUT2D eigenvalue weighted by molar-refractivity contribution is 0.0996. The van der Waals surface area contributed by atoms with Crippen molar-refractivity contribution in [2.45, 2.75) is 38.8 Å². The molecule has 2 aromatic carbocycles. The molecular weight excluding hydrogens is 519 g/mol. The second-order valence-corrected chi connectivity index (χ2v) is 11.1. The van der Waals surface area contributed by atoms with Crippen molar-refractivity contribution in [1.29, 1.82) is 0 Å². The Morgan fingerprint density at radius 2 is 1.89 bits per heavy atom. The molecule has 0 bridgehead atoms. The Kier molecular flexibility index (Phi) is 6.68. The van der Waals surface area contributed by atoms with Crippen LogP contribution in [0.15, 0.2) is 54.9 Å². The van der Waals surface area contributed by atoms with E-state index in [0.717, 1.165) is 40.3 Å². The quantitative estimate of drug-likeness (QED) is 0.269. The minimum absolute atomic E-state index is 0.0909. The molecule has 9 heteroatoms. The molecular formula is C29H28Cl2N6O. The van der Waals surface area contributed by atoms with Gasteiger partial charge in [0.1, 0.15) is 17.3 Å². The van der Waals surface area contributed by atoms with E-state index in [4.69, 9.17) is 23.2 Å². The van der Waals surface area contributed by atoms with Gasteiger partial charge < -0.3 is 9.88 Å². The first-order valence-electron chi connectivity index (χ1n) is 12.9. The van der Waals surface area contributed by atoms with E-state index in [1.807, 2.05) is 60.1 Å². The largest absolute Gasteiger partial charge is 0.317 e. The zero-order valence-electron chi connectivity index (χ0n) is 21.3. The summed E-state index contributed by atoms with van der Waals surface area (Å²) >= 11 is 12.8. The van der Waals surface area contributed by atoms with E-state index in [1.54, 1.807) is 11.2 Å². The number of aryl methyl sites for hydroxylation is 1. The summed E-state index contributed by atoms with van der Waals surface area (Å²) in [6.07, 6.45) is 5.56. The first kappa shape index (κ1) is 25.0. The number of rotatable bonds is 7. The maximum Gasteiger partial charge on any atom is 0.260 e. The highest BCUT2D eigenvalue weighted by Gasteiger charge is 2.31. The van der Waals surface area contributed by atoms with Crippen molar-refractivity contribution in [2.75, 3.05) is 11.4 Å². The number of anilines is 1. The molecule has 0 radical (unpaired) electrons. The van der Waals surface area contributed by atoms with Crippen LogP contribution in [0.2, 0.25) is 10.2 Å². The molecule has 1 saturated carbocycles. The van der Waals surface area contributed by atoms with Crippen molar-refractivity contribution < 1.29 is 4.79 Å². The molecule has 1 fully saturated rings. The third kappa shape index (κ3) is 4.70. The van der Waals surface area contributed by atoms with Crippen molar-refractivity contribution in [3.63, 3.8) is 0 Å². The average Bonchev–Trinajstić information content (AvgIpc) is 3.45. The Bertz CT molecular complexity index is 1530. The van der Waals surface area contributed by atoms with Crippen LogP contribution in [-0.2, 0) is 13.6 Å². The second kappa shape index (κ2) is 10.1. The van der Waals surface area contributed by atoms with Gasteiger partial charge in [-0.3, -0.25) is 9.69 Å². The maximum atomic E-state index is 13.6. The summed E-state index contributed by atoms with van der Waals surface area (Å²) in [6, 6.07) is 15.6. The summed E-state index contributed by atoms with van der Waals surface area (Å²) in [5.74, 6) is 1.94. The Balaban J connectivity index is 1.29. The Morgan fingerprint density at radius 1 is 1.05 bits per heavy atom. The predicted molar refractivity (Wildman–Crippen MR) is 150 cm³/mol. The number of halogens is 2. The minimum Gasteiger partial charge on any atom is -0.317 e. The molecule has 6 rings (SSSR count). The van der Waals surface area contributed by atoms with E-state index in [0.29, 0.717) is 33.9 Å². The van der Waals surface area contributed by atoms with E-state index in [2.05, 4.69) is 27.4 Å². The summed E-state index contributed by atoms with van der Waals surface area (Å²) < 4.78 is 1.85. The number of carbonyl (C=O) groups excluding carboxylic acids is 1. The highest BCUT2D eigenvalue weighted by atomic mass is 35.5. The van der Waals surface area contributed by atoms with Gasteiger partial charge in [0.25, 0.3) is 5.91 Å². The summed E-state index contributed by atoms with van der Waals surface area (Å²) in [6.45, 7) is 3.57. The highest BCUT2D eigenvalue weighted by Crippen LogP contribution is 2.37. The number of hydrogen-bond donors (Lipinski definition) is 1. The van der Waals surface area contributed by atoms with Crippen molar-refractivity contribution >= 4 is 34.9 Å². The summed E-state index contributed by atoms with van der Waals surface area (Å²) in [5.41, 5.74) is 5.31. The monoisotopic (exact) mass is 546 g/mol. The third-order valence-electron chi connectivity index (χ3n) is 7.68. The summed E-state index contributed by atoms with van der Waals surface area (Å²) in [5, 5.41) is 12.9. The van der Waals surface area contributed by atoms with Crippen LogP contribution in [-0.4, -0.2) is 32.2 Å². The van der Waals surface area contributed by atoms with Crippen LogP contribution in [0.3, 0.4) is 0 Å². The smallest absolute Gasteiger partial charge is 0.260 e. The molecule has 2 aromatic heterocycles. The van der Waals surface area contributed by atoms with Crippen LogP contribution >= 0.6 is 23.2 Å². The zero-order valence-corrected chi connectivity index (χ0v) is 22.8. The maximum absolute atomic E-state index is 13.6. The van der Waals surface area contributed by atoms with E-state index < -0.39 is 0 Å². The molecule has 0 saturated heterocycles. The van der Waals surface area contributed by atoms with Crippen molar-refractivity contribution in [2.24, 2.45) is 13.0 Å². The van der Waals surface area contributed by atoms with Gasteiger partial charge in [0.2, 0.25) is 0 Å². The number of carbonyl (C=O) groups is 1. The fourth-order valence-electron chi connectivity index (χ4n) is 5.18. The minimum atomic E-state index is -0.0909. The van der Waals surface area contributed by atoms with Crippen LogP contribution in [0, 0.1) is 5.92 Å².